The van der Waals surface area contributed by atoms with E-state index < -0.39 is 0 Å². The second kappa shape index (κ2) is 7.56. The zero-order valence-electron chi connectivity index (χ0n) is 13.8. The van der Waals surface area contributed by atoms with Crippen LogP contribution in [0.1, 0.15) is 32.1 Å². The summed E-state index contributed by atoms with van der Waals surface area (Å²) >= 11 is 13.7. The fraction of sp³-hybridized carbons (Fsp3) is 0.158. The number of carbonyl (C=O) groups is 1. The van der Waals surface area contributed by atoms with Gasteiger partial charge in [-0.25, -0.2) is 4.98 Å². The smallest absolute Gasteiger partial charge is 0.257 e. The van der Waals surface area contributed by atoms with Crippen molar-refractivity contribution in [1.82, 2.24) is 4.98 Å². The van der Waals surface area contributed by atoms with Gasteiger partial charge < -0.3 is 0 Å². The highest BCUT2D eigenvalue weighted by Crippen LogP contribution is 2.29. The number of nitrogens with zero attached hydrogens (tertiary/aromatic N) is 1. The number of benzene rings is 2. The van der Waals surface area contributed by atoms with E-state index in [9.17, 15) is 4.79 Å². The lowest BCUT2D eigenvalue weighted by molar-refractivity contribution is 0.102. The maximum atomic E-state index is 12.3. The van der Waals surface area contributed by atoms with E-state index in [-0.39, 0.29) is 5.91 Å². The Morgan fingerprint density at radius 3 is 2.56 bits per heavy atom. The number of rotatable bonds is 4. The molecule has 0 bridgehead atoms. The summed E-state index contributed by atoms with van der Waals surface area (Å²) < 4.78 is 0. The van der Waals surface area contributed by atoms with E-state index in [1.54, 1.807) is 24.3 Å². The largest absolute Gasteiger partial charge is 0.298 e. The maximum absolute atomic E-state index is 12.3. The molecule has 0 aliphatic heterocycles. The topological polar surface area (TPSA) is 42.0 Å². The Bertz CT molecular complexity index is 920. The summed E-state index contributed by atoms with van der Waals surface area (Å²) in [7, 11) is 0. The number of halogens is 2. The average molecular weight is 391 g/mol. The van der Waals surface area contributed by atoms with Gasteiger partial charge in [-0.2, -0.15) is 0 Å². The van der Waals surface area contributed by atoms with E-state index in [4.69, 9.17) is 23.2 Å². The van der Waals surface area contributed by atoms with Gasteiger partial charge in [-0.15, -0.1) is 11.3 Å². The highest BCUT2D eigenvalue weighted by atomic mass is 35.5. The SMILES string of the molecule is Cc1ccc(C(=O)Nc2nc(C)c(Cc3cc(Cl)ccc3Cl)s2)cc1. The van der Waals surface area contributed by atoms with Crippen molar-refractivity contribution in [3.05, 3.63) is 79.8 Å². The van der Waals surface area contributed by atoms with Crippen molar-refractivity contribution in [2.24, 2.45) is 0 Å². The van der Waals surface area contributed by atoms with Gasteiger partial charge in [0.1, 0.15) is 0 Å². The van der Waals surface area contributed by atoms with Crippen molar-refractivity contribution in [1.29, 1.82) is 0 Å². The summed E-state index contributed by atoms with van der Waals surface area (Å²) in [6, 6.07) is 12.8. The molecule has 1 N–H and O–H groups in total. The van der Waals surface area contributed by atoms with Gasteiger partial charge in [-0.3, -0.25) is 10.1 Å². The Hall–Kier alpha value is -1.88. The van der Waals surface area contributed by atoms with Crippen LogP contribution in [0, 0.1) is 13.8 Å². The molecular formula is C19H16Cl2N2OS. The van der Waals surface area contributed by atoms with E-state index in [0.717, 1.165) is 21.7 Å². The molecule has 1 heterocycles. The summed E-state index contributed by atoms with van der Waals surface area (Å²) in [6.07, 6.45) is 0.628. The van der Waals surface area contributed by atoms with Gasteiger partial charge >= 0.3 is 0 Å². The molecule has 3 aromatic rings. The summed E-state index contributed by atoms with van der Waals surface area (Å²) in [5.41, 5.74) is 3.54. The minimum atomic E-state index is -0.166. The predicted molar refractivity (Wildman–Crippen MR) is 105 cm³/mol. The lowest BCUT2D eigenvalue weighted by Crippen LogP contribution is -2.11. The van der Waals surface area contributed by atoms with Crippen LogP contribution in [-0.4, -0.2) is 10.9 Å². The van der Waals surface area contributed by atoms with Gasteiger partial charge in [0.2, 0.25) is 0 Å². The first-order chi connectivity index (χ1) is 11.9. The van der Waals surface area contributed by atoms with Gasteiger partial charge in [0.15, 0.2) is 5.13 Å². The van der Waals surface area contributed by atoms with E-state index in [2.05, 4.69) is 10.3 Å². The lowest BCUT2D eigenvalue weighted by Gasteiger charge is -2.04. The molecule has 3 nitrogen and oxygen atoms in total. The number of anilines is 1. The molecular weight excluding hydrogens is 375 g/mol. The van der Waals surface area contributed by atoms with Crippen LogP contribution >= 0.6 is 34.5 Å². The number of thiazole rings is 1. The lowest BCUT2D eigenvalue weighted by atomic mass is 10.1. The van der Waals surface area contributed by atoms with Crippen molar-refractivity contribution in [3.8, 4) is 0 Å². The number of amides is 1. The molecule has 0 saturated heterocycles. The zero-order valence-corrected chi connectivity index (χ0v) is 16.1. The van der Waals surface area contributed by atoms with Crippen LogP contribution in [-0.2, 0) is 6.42 Å². The first-order valence-electron chi connectivity index (χ1n) is 7.70. The third-order valence-electron chi connectivity index (χ3n) is 3.79. The van der Waals surface area contributed by atoms with E-state index >= 15 is 0 Å². The molecule has 0 radical (unpaired) electrons. The average Bonchev–Trinajstić information content (AvgIpc) is 2.91. The van der Waals surface area contributed by atoms with Crippen molar-refractivity contribution in [2.75, 3.05) is 5.32 Å². The number of hydrogen-bond donors (Lipinski definition) is 1. The molecule has 0 aliphatic carbocycles. The minimum absolute atomic E-state index is 0.166. The molecule has 0 fully saturated rings. The van der Waals surface area contributed by atoms with Crippen LogP contribution < -0.4 is 5.32 Å². The molecule has 2 aromatic carbocycles. The monoisotopic (exact) mass is 390 g/mol. The fourth-order valence-electron chi connectivity index (χ4n) is 2.37. The Labute approximate surface area is 160 Å². The van der Waals surface area contributed by atoms with Crippen molar-refractivity contribution in [3.63, 3.8) is 0 Å². The Balaban J connectivity index is 1.77. The number of aromatic nitrogens is 1. The van der Waals surface area contributed by atoms with Crippen LogP contribution in [0.15, 0.2) is 42.5 Å². The van der Waals surface area contributed by atoms with Gasteiger partial charge in [0, 0.05) is 26.9 Å². The number of hydrogen-bond acceptors (Lipinski definition) is 3. The molecule has 25 heavy (non-hydrogen) atoms. The van der Waals surface area contributed by atoms with Gasteiger partial charge in [-0.1, -0.05) is 40.9 Å². The molecule has 0 spiro atoms. The highest BCUT2D eigenvalue weighted by Gasteiger charge is 2.13. The highest BCUT2D eigenvalue weighted by molar-refractivity contribution is 7.15. The Morgan fingerprint density at radius 2 is 1.84 bits per heavy atom. The van der Waals surface area contributed by atoms with Crippen molar-refractivity contribution in [2.45, 2.75) is 20.3 Å². The molecule has 128 valence electrons. The first kappa shape index (κ1) is 17.9. The van der Waals surface area contributed by atoms with Crippen LogP contribution in [0.25, 0.3) is 0 Å². The fourth-order valence-corrected chi connectivity index (χ4v) is 3.73. The van der Waals surface area contributed by atoms with Crippen LogP contribution in [0.5, 0.6) is 0 Å². The normalized spacial score (nSPS) is 10.7. The maximum Gasteiger partial charge on any atom is 0.257 e. The zero-order chi connectivity index (χ0) is 18.0. The van der Waals surface area contributed by atoms with Gasteiger partial charge in [-0.05, 0) is 49.7 Å². The summed E-state index contributed by atoms with van der Waals surface area (Å²) in [5.74, 6) is -0.166. The first-order valence-corrected chi connectivity index (χ1v) is 9.28. The van der Waals surface area contributed by atoms with Crippen LogP contribution in [0.4, 0.5) is 5.13 Å². The quantitative estimate of drug-likeness (QED) is 0.601. The third kappa shape index (κ3) is 4.40. The molecule has 0 atom stereocenters. The molecule has 1 amide bonds. The molecule has 3 rings (SSSR count). The summed E-state index contributed by atoms with van der Waals surface area (Å²) in [5, 5.41) is 4.76. The standard InChI is InChI=1S/C19H16Cl2N2OS/c1-11-3-5-13(6-4-11)18(24)23-19-22-12(2)17(25-19)10-14-9-15(20)7-8-16(14)21/h3-9H,10H2,1-2H3,(H,22,23,24). The molecule has 0 saturated carbocycles. The van der Waals surface area contributed by atoms with Gasteiger partial charge in [0.25, 0.3) is 5.91 Å². The number of carbonyl (C=O) groups excluding carboxylic acids is 1. The van der Waals surface area contributed by atoms with Crippen LogP contribution in [0.2, 0.25) is 10.0 Å². The summed E-state index contributed by atoms with van der Waals surface area (Å²) in [6.45, 7) is 3.91. The minimum Gasteiger partial charge on any atom is -0.298 e. The predicted octanol–water partition coefficient (Wildman–Crippen LogP) is 5.91. The van der Waals surface area contributed by atoms with E-state index in [1.807, 2.05) is 32.0 Å². The number of aryl methyl sites for hydroxylation is 2. The molecule has 0 aliphatic rings. The van der Waals surface area contributed by atoms with Crippen molar-refractivity contribution < 1.29 is 4.79 Å². The second-order valence-electron chi connectivity index (χ2n) is 5.76. The Morgan fingerprint density at radius 1 is 1.12 bits per heavy atom. The van der Waals surface area contributed by atoms with E-state index in [0.29, 0.717) is 27.2 Å². The van der Waals surface area contributed by atoms with Gasteiger partial charge in [0.05, 0.1) is 5.69 Å². The Kier molecular flexibility index (Phi) is 5.42. The van der Waals surface area contributed by atoms with Crippen molar-refractivity contribution >= 4 is 45.6 Å². The molecule has 0 unspecified atom stereocenters. The van der Waals surface area contributed by atoms with E-state index in [1.165, 1.54) is 11.3 Å². The molecule has 1 aromatic heterocycles. The third-order valence-corrected chi connectivity index (χ3v) is 5.46. The second-order valence-corrected chi connectivity index (χ2v) is 7.69. The number of nitrogens with one attached hydrogen (secondary N) is 1. The van der Waals surface area contributed by atoms with Crippen LogP contribution in [0.3, 0.4) is 0 Å². The summed E-state index contributed by atoms with van der Waals surface area (Å²) in [4.78, 5) is 17.8. The molecule has 6 heteroatoms.